The zero-order valence-corrected chi connectivity index (χ0v) is 16.0. The monoisotopic (exact) mass is 383 g/mol. The van der Waals surface area contributed by atoms with Crippen LogP contribution in [0.3, 0.4) is 0 Å². The van der Waals surface area contributed by atoms with Crippen LogP contribution in [0.15, 0.2) is 47.4 Å². The summed E-state index contributed by atoms with van der Waals surface area (Å²) in [6, 6.07) is 12.5. The number of carbonyl (C=O) groups excluding carboxylic acids is 3. The summed E-state index contributed by atoms with van der Waals surface area (Å²) in [4.78, 5) is 36.6. The van der Waals surface area contributed by atoms with Gasteiger partial charge in [-0.15, -0.1) is 11.8 Å². The molecule has 0 fully saturated rings. The van der Waals surface area contributed by atoms with Crippen LogP contribution in [0.25, 0.3) is 0 Å². The third kappa shape index (κ3) is 4.89. The molecule has 0 bridgehead atoms. The summed E-state index contributed by atoms with van der Waals surface area (Å²) in [5.41, 5.74) is 2.73. The maximum absolute atomic E-state index is 12.6. The first-order chi connectivity index (χ1) is 12.9. The molecular formula is C20H21N3O3S. The van der Waals surface area contributed by atoms with Crippen LogP contribution in [0.4, 0.5) is 11.4 Å². The Balaban J connectivity index is 1.73. The van der Waals surface area contributed by atoms with Crippen LogP contribution in [0.2, 0.25) is 0 Å². The van der Waals surface area contributed by atoms with Gasteiger partial charge in [-0.05, 0) is 42.8 Å². The molecule has 140 valence electrons. The molecule has 2 aromatic rings. The number of carbonyl (C=O) groups is 3. The Hall–Kier alpha value is -2.80. The van der Waals surface area contributed by atoms with Crippen molar-refractivity contribution in [1.29, 1.82) is 0 Å². The van der Waals surface area contributed by atoms with Gasteiger partial charge < -0.3 is 16.0 Å². The van der Waals surface area contributed by atoms with Crippen molar-refractivity contribution in [1.82, 2.24) is 5.32 Å². The Labute approximate surface area is 162 Å². The quantitative estimate of drug-likeness (QED) is 0.753. The molecule has 6 nitrogen and oxygen atoms in total. The molecule has 1 aliphatic rings. The number of anilines is 2. The highest BCUT2D eigenvalue weighted by molar-refractivity contribution is 7.99. The molecule has 0 aliphatic carbocycles. The lowest BCUT2D eigenvalue weighted by Crippen LogP contribution is -2.26. The van der Waals surface area contributed by atoms with Crippen LogP contribution >= 0.6 is 11.8 Å². The molecule has 0 spiro atoms. The lowest BCUT2D eigenvalue weighted by Gasteiger charge is -2.16. The number of fused-ring (bicyclic) bond motifs is 1. The Kier molecular flexibility index (Phi) is 5.81. The molecule has 0 radical (unpaired) electrons. The van der Waals surface area contributed by atoms with Gasteiger partial charge in [0.1, 0.15) is 0 Å². The Morgan fingerprint density at radius 2 is 2.00 bits per heavy atom. The van der Waals surface area contributed by atoms with Gasteiger partial charge in [-0.25, -0.2) is 0 Å². The summed E-state index contributed by atoms with van der Waals surface area (Å²) >= 11 is 1.60. The first-order valence-corrected chi connectivity index (χ1v) is 9.66. The molecule has 3 rings (SSSR count). The number of hydrogen-bond acceptors (Lipinski definition) is 4. The minimum Gasteiger partial charge on any atom is -0.346 e. The van der Waals surface area contributed by atoms with Gasteiger partial charge in [-0.1, -0.05) is 12.1 Å². The lowest BCUT2D eigenvalue weighted by atomic mass is 10.1. The van der Waals surface area contributed by atoms with E-state index in [0.29, 0.717) is 23.4 Å². The van der Waals surface area contributed by atoms with E-state index in [0.717, 1.165) is 16.2 Å². The standard InChI is InChI=1S/C20H21N3O3S/c1-12(14-4-3-5-16(10-14)22-13(2)24)21-20(26)15-6-7-18-17(11-15)23-19(25)8-9-27-18/h3-7,10-12H,8-9H2,1-2H3,(H,21,26)(H,22,24)(H,23,25). The summed E-state index contributed by atoms with van der Waals surface area (Å²) in [5, 5.41) is 8.54. The van der Waals surface area contributed by atoms with E-state index >= 15 is 0 Å². The molecule has 2 aromatic carbocycles. The van der Waals surface area contributed by atoms with Crippen molar-refractivity contribution >= 4 is 40.9 Å². The van der Waals surface area contributed by atoms with E-state index in [-0.39, 0.29) is 23.8 Å². The van der Waals surface area contributed by atoms with Crippen LogP contribution in [0.5, 0.6) is 0 Å². The second-order valence-corrected chi connectivity index (χ2v) is 7.50. The van der Waals surface area contributed by atoms with Crippen LogP contribution in [-0.4, -0.2) is 23.5 Å². The van der Waals surface area contributed by atoms with Crippen molar-refractivity contribution in [2.24, 2.45) is 0 Å². The average Bonchev–Trinajstić information content (AvgIpc) is 2.81. The molecular weight excluding hydrogens is 362 g/mol. The minimum atomic E-state index is -0.242. The van der Waals surface area contributed by atoms with E-state index in [9.17, 15) is 14.4 Å². The molecule has 3 N–H and O–H groups in total. The molecule has 1 unspecified atom stereocenters. The first kappa shape index (κ1) is 19.0. The van der Waals surface area contributed by atoms with Gasteiger partial charge in [0, 0.05) is 35.2 Å². The zero-order valence-electron chi connectivity index (χ0n) is 15.2. The molecule has 0 saturated heterocycles. The highest BCUT2D eigenvalue weighted by atomic mass is 32.2. The zero-order chi connectivity index (χ0) is 19.4. The topological polar surface area (TPSA) is 87.3 Å². The second-order valence-electron chi connectivity index (χ2n) is 6.36. The first-order valence-electron chi connectivity index (χ1n) is 8.67. The van der Waals surface area contributed by atoms with Crippen molar-refractivity contribution < 1.29 is 14.4 Å². The number of nitrogens with one attached hydrogen (secondary N) is 3. The van der Waals surface area contributed by atoms with Gasteiger partial charge in [0.05, 0.1) is 11.7 Å². The van der Waals surface area contributed by atoms with Gasteiger partial charge in [0.2, 0.25) is 11.8 Å². The maximum atomic E-state index is 12.6. The minimum absolute atomic E-state index is 0.0398. The fraction of sp³-hybridized carbons (Fsp3) is 0.250. The van der Waals surface area contributed by atoms with Crippen LogP contribution in [0.1, 0.15) is 42.2 Å². The summed E-state index contributed by atoms with van der Waals surface area (Å²) in [6.45, 7) is 3.33. The van der Waals surface area contributed by atoms with Crippen molar-refractivity contribution in [2.45, 2.75) is 31.2 Å². The third-order valence-electron chi connectivity index (χ3n) is 4.16. The molecule has 1 atom stereocenters. The van der Waals surface area contributed by atoms with Gasteiger partial charge >= 0.3 is 0 Å². The van der Waals surface area contributed by atoms with E-state index in [2.05, 4.69) is 16.0 Å². The predicted octanol–water partition coefficient (Wildman–Crippen LogP) is 3.57. The van der Waals surface area contributed by atoms with E-state index in [1.807, 2.05) is 31.2 Å². The maximum Gasteiger partial charge on any atom is 0.251 e. The number of thioether (sulfide) groups is 1. The highest BCUT2D eigenvalue weighted by Crippen LogP contribution is 2.31. The Morgan fingerprint density at radius 3 is 2.78 bits per heavy atom. The Morgan fingerprint density at radius 1 is 1.19 bits per heavy atom. The molecule has 1 heterocycles. The van der Waals surface area contributed by atoms with Crippen molar-refractivity contribution in [2.75, 3.05) is 16.4 Å². The smallest absolute Gasteiger partial charge is 0.251 e. The van der Waals surface area contributed by atoms with Gasteiger partial charge in [0.25, 0.3) is 5.91 Å². The van der Waals surface area contributed by atoms with Crippen LogP contribution in [0, 0.1) is 0 Å². The van der Waals surface area contributed by atoms with E-state index < -0.39 is 0 Å². The van der Waals surface area contributed by atoms with Crippen molar-refractivity contribution in [3.05, 3.63) is 53.6 Å². The van der Waals surface area contributed by atoms with Gasteiger partial charge in [-0.2, -0.15) is 0 Å². The number of rotatable bonds is 4. The predicted molar refractivity (Wildman–Crippen MR) is 107 cm³/mol. The second kappa shape index (κ2) is 8.26. The van der Waals surface area contributed by atoms with Crippen LogP contribution < -0.4 is 16.0 Å². The largest absolute Gasteiger partial charge is 0.346 e. The fourth-order valence-electron chi connectivity index (χ4n) is 2.81. The van der Waals surface area contributed by atoms with E-state index in [1.54, 1.807) is 30.0 Å². The number of amides is 3. The molecule has 27 heavy (non-hydrogen) atoms. The normalized spacial score (nSPS) is 14.4. The fourth-order valence-corrected chi connectivity index (χ4v) is 3.75. The molecule has 0 saturated carbocycles. The van der Waals surface area contributed by atoms with E-state index in [1.165, 1.54) is 6.92 Å². The molecule has 0 aromatic heterocycles. The summed E-state index contributed by atoms with van der Waals surface area (Å²) < 4.78 is 0. The third-order valence-corrected chi connectivity index (χ3v) is 5.23. The average molecular weight is 383 g/mol. The van der Waals surface area contributed by atoms with Crippen LogP contribution in [-0.2, 0) is 9.59 Å². The number of benzene rings is 2. The van der Waals surface area contributed by atoms with Gasteiger partial charge in [-0.3, -0.25) is 14.4 Å². The molecule has 1 aliphatic heterocycles. The summed E-state index contributed by atoms with van der Waals surface area (Å²) in [7, 11) is 0. The highest BCUT2D eigenvalue weighted by Gasteiger charge is 2.17. The van der Waals surface area contributed by atoms with Crippen molar-refractivity contribution in [3.8, 4) is 0 Å². The summed E-state index contributed by atoms with van der Waals surface area (Å²) in [5.74, 6) is 0.320. The SMILES string of the molecule is CC(=O)Nc1cccc(C(C)NC(=O)c2ccc3c(c2)NC(=O)CCS3)c1. The van der Waals surface area contributed by atoms with Gasteiger partial charge in [0.15, 0.2) is 0 Å². The summed E-state index contributed by atoms with van der Waals surface area (Å²) in [6.07, 6.45) is 0.461. The Bertz CT molecular complexity index is 898. The number of hydrogen-bond donors (Lipinski definition) is 3. The lowest BCUT2D eigenvalue weighted by molar-refractivity contribution is -0.116. The van der Waals surface area contributed by atoms with Crippen molar-refractivity contribution in [3.63, 3.8) is 0 Å². The molecule has 3 amide bonds. The molecule has 7 heteroatoms. The van der Waals surface area contributed by atoms with E-state index in [4.69, 9.17) is 0 Å².